The largest absolute Gasteiger partial charge is 0.366 e. The number of hydrogen-bond acceptors (Lipinski definition) is 2. The Morgan fingerprint density at radius 3 is 2.60 bits per heavy atom. The van der Waals surface area contributed by atoms with E-state index in [0.29, 0.717) is 18.4 Å². The summed E-state index contributed by atoms with van der Waals surface area (Å²) in [6.07, 6.45) is 6.29. The maximum absolute atomic E-state index is 11.2. The van der Waals surface area contributed by atoms with Crippen LogP contribution in [0.15, 0.2) is 37.6 Å². The number of hydrogen-bond donors (Lipinski definition) is 1. The number of allylic oxidation sites excluding steroid dienone is 2. The number of amides is 1. The Balaban J connectivity index is 3.26. The minimum atomic E-state index is -0.431. The van der Waals surface area contributed by atoms with Gasteiger partial charge in [-0.1, -0.05) is 12.2 Å². The number of carbonyl (C=O) groups is 1. The van der Waals surface area contributed by atoms with E-state index in [1.54, 1.807) is 24.4 Å². The van der Waals surface area contributed by atoms with Gasteiger partial charge in [-0.15, -0.1) is 13.2 Å². The van der Waals surface area contributed by atoms with Crippen LogP contribution in [0.3, 0.4) is 0 Å². The van der Waals surface area contributed by atoms with Crippen LogP contribution < -0.4 is 5.73 Å². The van der Waals surface area contributed by atoms with Gasteiger partial charge in [-0.25, -0.2) is 0 Å². The molecule has 0 aliphatic heterocycles. The molecule has 1 aromatic rings. The van der Waals surface area contributed by atoms with Crippen molar-refractivity contribution in [2.24, 2.45) is 5.73 Å². The molecule has 0 aliphatic rings. The molecule has 0 bridgehead atoms. The molecule has 1 amide bonds. The van der Waals surface area contributed by atoms with E-state index in [4.69, 9.17) is 5.73 Å². The van der Waals surface area contributed by atoms with Crippen molar-refractivity contribution in [3.05, 3.63) is 54.4 Å². The zero-order chi connectivity index (χ0) is 11.3. The van der Waals surface area contributed by atoms with Gasteiger partial charge < -0.3 is 5.73 Å². The average Bonchev–Trinajstić information content (AvgIpc) is 2.21. The fourth-order valence-electron chi connectivity index (χ4n) is 1.45. The van der Waals surface area contributed by atoms with Crippen molar-refractivity contribution >= 4 is 5.91 Å². The molecule has 2 N–H and O–H groups in total. The number of primary amides is 1. The first kappa shape index (κ1) is 11.2. The van der Waals surface area contributed by atoms with E-state index in [-0.39, 0.29) is 0 Å². The summed E-state index contributed by atoms with van der Waals surface area (Å²) in [5, 5.41) is 0. The first-order valence-corrected chi connectivity index (χ1v) is 4.69. The number of carbonyl (C=O) groups excluding carboxylic acids is 1. The highest BCUT2D eigenvalue weighted by molar-refractivity contribution is 5.94. The fraction of sp³-hybridized carbons (Fsp3) is 0.167. The third-order valence-corrected chi connectivity index (χ3v) is 2.10. The van der Waals surface area contributed by atoms with E-state index >= 15 is 0 Å². The molecule has 0 atom stereocenters. The van der Waals surface area contributed by atoms with Crippen LogP contribution >= 0.6 is 0 Å². The van der Waals surface area contributed by atoms with Crippen molar-refractivity contribution in [2.75, 3.05) is 0 Å². The van der Waals surface area contributed by atoms with E-state index in [1.165, 1.54) is 0 Å². The molecule has 1 rings (SSSR count). The molecular formula is C12H14N2O. The quantitative estimate of drug-likeness (QED) is 0.738. The van der Waals surface area contributed by atoms with Gasteiger partial charge in [0.1, 0.15) is 0 Å². The zero-order valence-electron chi connectivity index (χ0n) is 8.57. The summed E-state index contributed by atoms with van der Waals surface area (Å²) >= 11 is 0. The minimum Gasteiger partial charge on any atom is -0.366 e. The average molecular weight is 202 g/mol. The second-order valence-electron chi connectivity index (χ2n) is 3.13. The molecule has 3 heteroatoms. The number of rotatable bonds is 5. The van der Waals surface area contributed by atoms with Crippen molar-refractivity contribution in [1.29, 1.82) is 0 Å². The number of pyridine rings is 1. The molecule has 0 radical (unpaired) electrons. The van der Waals surface area contributed by atoms with Crippen LogP contribution in [0.25, 0.3) is 0 Å². The fourth-order valence-corrected chi connectivity index (χ4v) is 1.45. The number of aromatic nitrogens is 1. The molecule has 0 saturated heterocycles. The Kier molecular flexibility index (Phi) is 3.80. The first-order chi connectivity index (χ1) is 7.20. The van der Waals surface area contributed by atoms with Gasteiger partial charge in [0.25, 0.3) is 0 Å². The summed E-state index contributed by atoms with van der Waals surface area (Å²) in [4.78, 5) is 15.4. The number of nitrogens with two attached hydrogens (primary N) is 1. The van der Waals surface area contributed by atoms with Gasteiger partial charge in [0, 0.05) is 23.9 Å². The Labute approximate surface area is 89.3 Å². The maximum atomic E-state index is 11.2. The van der Waals surface area contributed by atoms with Gasteiger partial charge in [-0.3, -0.25) is 9.78 Å². The van der Waals surface area contributed by atoms with Crippen molar-refractivity contribution in [3.8, 4) is 0 Å². The Morgan fingerprint density at radius 1 is 1.40 bits per heavy atom. The van der Waals surface area contributed by atoms with Gasteiger partial charge in [-0.2, -0.15) is 0 Å². The summed E-state index contributed by atoms with van der Waals surface area (Å²) < 4.78 is 0. The number of nitrogens with zero attached hydrogens (tertiary/aromatic N) is 1. The monoisotopic (exact) mass is 202 g/mol. The van der Waals surface area contributed by atoms with Crippen LogP contribution in [-0.2, 0) is 12.8 Å². The van der Waals surface area contributed by atoms with Crippen molar-refractivity contribution < 1.29 is 4.79 Å². The normalized spacial score (nSPS) is 9.60. The highest BCUT2D eigenvalue weighted by atomic mass is 16.1. The molecule has 0 saturated carbocycles. The standard InChI is InChI=1S/C12H14N2O/c1-3-5-9-10(12(13)15)7-8-14-11(9)6-4-2/h3-4,7-8H,1-2,5-6H2,(H2,13,15). The molecule has 0 aliphatic carbocycles. The van der Waals surface area contributed by atoms with E-state index in [2.05, 4.69) is 18.1 Å². The molecule has 78 valence electrons. The minimum absolute atomic E-state index is 0.431. The Bertz CT molecular complexity index is 397. The van der Waals surface area contributed by atoms with Gasteiger partial charge >= 0.3 is 0 Å². The second kappa shape index (κ2) is 5.10. The lowest BCUT2D eigenvalue weighted by molar-refractivity contribution is 0.0999. The van der Waals surface area contributed by atoms with Crippen LogP contribution in [0.4, 0.5) is 0 Å². The first-order valence-electron chi connectivity index (χ1n) is 4.69. The lowest BCUT2D eigenvalue weighted by Gasteiger charge is -2.08. The lowest BCUT2D eigenvalue weighted by Crippen LogP contribution is -2.15. The molecule has 0 fully saturated rings. The topological polar surface area (TPSA) is 56.0 Å². The highest BCUT2D eigenvalue weighted by Crippen LogP contribution is 2.14. The van der Waals surface area contributed by atoms with Gasteiger partial charge in [-0.05, 0) is 18.1 Å². The third kappa shape index (κ3) is 2.53. The molecule has 0 spiro atoms. The maximum Gasteiger partial charge on any atom is 0.249 e. The molecule has 1 heterocycles. The zero-order valence-corrected chi connectivity index (χ0v) is 8.57. The molecule has 0 unspecified atom stereocenters. The van der Waals surface area contributed by atoms with E-state index < -0.39 is 5.91 Å². The predicted molar refractivity (Wildman–Crippen MR) is 60.6 cm³/mol. The summed E-state index contributed by atoms with van der Waals surface area (Å²) in [5.41, 5.74) is 7.48. The van der Waals surface area contributed by atoms with E-state index in [1.807, 2.05) is 0 Å². The molecule has 1 aromatic heterocycles. The SMILES string of the molecule is C=CCc1nccc(C(N)=O)c1CC=C. The highest BCUT2D eigenvalue weighted by Gasteiger charge is 2.11. The molecule has 15 heavy (non-hydrogen) atoms. The Hall–Kier alpha value is -1.90. The van der Waals surface area contributed by atoms with Gasteiger partial charge in [0.15, 0.2) is 0 Å². The van der Waals surface area contributed by atoms with E-state index in [0.717, 1.165) is 11.3 Å². The summed E-state index contributed by atoms with van der Waals surface area (Å²) in [5.74, 6) is -0.431. The van der Waals surface area contributed by atoms with Crippen LogP contribution in [0.2, 0.25) is 0 Å². The molecule has 0 aromatic carbocycles. The third-order valence-electron chi connectivity index (χ3n) is 2.10. The van der Waals surface area contributed by atoms with Gasteiger partial charge in [0.05, 0.1) is 0 Å². The summed E-state index contributed by atoms with van der Waals surface area (Å²) in [6, 6.07) is 1.63. The summed E-state index contributed by atoms with van der Waals surface area (Å²) in [6.45, 7) is 7.30. The lowest BCUT2D eigenvalue weighted by atomic mass is 10.0. The molecular weight excluding hydrogens is 188 g/mol. The van der Waals surface area contributed by atoms with Crippen LogP contribution in [0.5, 0.6) is 0 Å². The van der Waals surface area contributed by atoms with Crippen molar-refractivity contribution in [1.82, 2.24) is 4.98 Å². The second-order valence-corrected chi connectivity index (χ2v) is 3.13. The Morgan fingerprint density at radius 2 is 2.07 bits per heavy atom. The van der Waals surface area contributed by atoms with Crippen molar-refractivity contribution in [2.45, 2.75) is 12.8 Å². The molecule has 3 nitrogen and oxygen atoms in total. The smallest absolute Gasteiger partial charge is 0.249 e. The van der Waals surface area contributed by atoms with Crippen LogP contribution in [0, 0.1) is 0 Å². The van der Waals surface area contributed by atoms with Gasteiger partial charge in [0.2, 0.25) is 5.91 Å². The summed E-state index contributed by atoms with van der Waals surface area (Å²) in [7, 11) is 0. The van der Waals surface area contributed by atoms with E-state index in [9.17, 15) is 4.79 Å². The van der Waals surface area contributed by atoms with Crippen LogP contribution in [0.1, 0.15) is 21.6 Å². The van der Waals surface area contributed by atoms with Crippen molar-refractivity contribution in [3.63, 3.8) is 0 Å². The van der Waals surface area contributed by atoms with Crippen LogP contribution in [-0.4, -0.2) is 10.9 Å². The predicted octanol–water partition coefficient (Wildman–Crippen LogP) is 1.64.